The SMILES string of the molecule is CO[C@@H]1CCc2c(OC3CCC(NC(=O)OC(C)(C)C)CC3)ccc(C#N)c21. The van der Waals surface area contributed by atoms with Crippen LogP contribution in [-0.4, -0.2) is 30.9 Å². The van der Waals surface area contributed by atoms with Crippen molar-refractivity contribution < 1.29 is 19.0 Å². The van der Waals surface area contributed by atoms with Crippen molar-refractivity contribution in [1.82, 2.24) is 5.32 Å². The van der Waals surface area contributed by atoms with Gasteiger partial charge in [-0.15, -0.1) is 0 Å². The summed E-state index contributed by atoms with van der Waals surface area (Å²) in [4.78, 5) is 11.9. The van der Waals surface area contributed by atoms with E-state index in [4.69, 9.17) is 14.2 Å². The van der Waals surface area contributed by atoms with E-state index >= 15 is 0 Å². The lowest BCUT2D eigenvalue weighted by atomic mass is 9.93. The molecule has 1 saturated carbocycles. The van der Waals surface area contributed by atoms with Crippen LogP contribution in [0.5, 0.6) is 5.75 Å². The standard InChI is InChI=1S/C22H30N2O4/c1-22(2,3)28-21(25)24-15-6-8-16(9-7-15)27-18-11-5-14(13-23)20-17(18)10-12-19(20)26-4/h5,11,15-16,19H,6-10,12H2,1-4H3,(H,24,25)/t15?,16?,19-/m1/s1. The summed E-state index contributed by atoms with van der Waals surface area (Å²) in [7, 11) is 1.69. The molecule has 1 aromatic rings. The van der Waals surface area contributed by atoms with Crippen molar-refractivity contribution in [3.63, 3.8) is 0 Å². The lowest BCUT2D eigenvalue weighted by Gasteiger charge is -2.31. The number of rotatable bonds is 4. The Labute approximate surface area is 167 Å². The molecule has 0 saturated heterocycles. The van der Waals surface area contributed by atoms with Gasteiger partial charge in [-0.05, 0) is 71.4 Å². The first-order valence-corrected chi connectivity index (χ1v) is 10.1. The lowest BCUT2D eigenvalue weighted by Crippen LogP contribution is -2.42. The minimum absolute atomic E-state index is 0.0260. The number of nitrogens with zero attached hydrogens (tertiary/aromatic N) is 1. The summed E-state index contributed by atoms with van der Waals surface area (Å²) in [6, 6.07) is 6.15. The molecule has 0 heterocycles. The van der Waals surface area contributed by atoms with Crippen molar-refractivity contribution in [2.45, 2.75) is 83.1 Å². The van der Waals surface area contributed by atoms with E-state index in [1.807, 2.05) is 32.9 Å². The van der Waals surface area contributed by atoms with Crippen LogP contribution in [-0.2, 0) is 15.9 Å². The Hall–Kier alpha value is -2.26. The van der Waals surface area contributed by atoms with Crippen LogP contribution in [0.4, 0.5) is 4.79 Å². The second-order valence-corrected chi connectivity index (χ2v) is 8.62. The first kappa shape index (κ1) is 20.5. The Morgan fingerprint density at radius 1 is 1.18 bits per heavy atom. The zero-order valence-corrected chi connectivity index (χ0v) is 17.2. The molecule has 1 amide bonds. The number of hydrogen-bond donors (Lipinski definition) is 1. The molecule has 0 unspecified atom stereocenters. The molecule has 6 nitrogen and oxygen atoms in total. The molecule has 28 heavy (non-hydrogen) atoms. The summed E-state index contributed by atoms with van der Waals surface area (Å²) < 4.78 is 17.2. The van der Waals surface area contributed by atoms with E-state index in [-0.39, 0.29) is 24.3 Å². The fraction of sp³-hybridized carbons (Fsp3) is 0.636. The maximum Gasteiger partial charge on any atom is 0.407 e. The molecule has 1 N–H and O–H groups in total. The smallest absolute Gasteiger partial charge is 0.407 e. The third-order valence-corrected chi connectivity index (χ3v) is 5.39. The first-order chi connectivity index (χ1) is 13.3. The molecular weight excluding hydrogens is 356 g/mol. The Kier molecular flexibility index (Phi) is 6.14. The van der Waals surface area contributed by atoms with E-state index in [2.05, 4.69) is 11.4 Å². The van der Waals surface area contributed by atoms with Gasteiger partial charge in [0.2, 0.25) is 0 Å². The van der Waals surface area contributed by atoms with Gasteiger partial charge in [-0.25, -0.2) is 4.79 Å². The van der Waals surface area contributed by atoms with Gasteiger partial charge in [0.25, 0.3) is 0 Å². The van der Waals surface area contributed by atoms with Crippen LogP contribution in [0, 0.1) is 11.3 Å². The highest BCUT2D eigenvalue weighted by Crippen LogP contribution is 2.41. The number of methoxy groups -OCH3 is 1. The van der Waals surface area contributed by atoms with Crippen LogP contribution in [0.3, 0.4) is 0 Å². The van der Waals surface area contributed by atoms with Crippen LogP contribution in [0.2, 0.25) is 0 Å². The Balaban J connectivity index is 1.58. The molecule has 0 aromatic heterocycles. The van der Waals surface area contributed by atoms with E-state index < -0.39 is 5.60 Å². The van der Waals surface area contributed by atoms with Gasteiger partial charge in [-0.3, -0.25) is 0 Å². The number of amides is 1. The van der Waals surface area contributed by atoms with E-state index in [0.717, 1.165) is 55.4 Å². The normalized spacial score (nSPS) is 24.2. The van der Waals surface area contributed by atoms with E-state index in [1.165, 1.54) is 0 Å². The monoisotopic (exact) mass is 386 g/mol. The number of hydrogen-bond acceptors (Lipinski definition) is 5. The summed E-state index contributed by atoms with van der Waals surface area (Å²) >= 11 is 0. The molecule has 152 valence electrons. The van der Waals surface area contributed by atoms with Crippen LogP contribution in [0.1, 0.15) is 75.7 Å². The number of ether oxygens (including phenoxy) is 3. The van der Waals surface area contributed by atoms with Gasteiger partial charge in [0.15, 0.2) is 0 Å². The molecule has 0 bridgehead atoms. The van der Waals surface area contributed by atoms with Crippen molar-refractivity contribution in [1.29, 1.82) is 5.26 Å². The molecule has 0 aliphatic heterocycles. The Bertz CT molecular complexity index is 755. The average molecular weight is 386 g/mol. The summed E-state index contributed by atoms with van der Waals surface area (Å²) in [6.45, 7) is 5.59. The molecule has 1 fully saturated rings. The molecule has 6 heteroatoms. The van der Waals surface area contributed by atoms with E-state index in [0.29, 0.717) is 5.56 Å². The number of fused-ring (bicyclic) bond motifs is 1. The second-order valence-electron chi connectivity index (χ2n) is 8.62. The highest BCUT2D eigenvalue weighted by atomic mass is 16.6. The highest BCUT2D eigenvalue weighted by molar-refractivity contribution is 5.68. The Morgan fingerprint density at radius 2 is 1.89 bits per heavy atom. The van der Waals surface area contributed by atoms with Gasteiger partial charge in [-0.1, -0.05) is 0 Å². The summed E-state index contributed by atoms with van der Waals surface area (Å²) in [5.74, 6) is 0.872. The third-order valence-electron chi connectivity index (χ3n) is 5.39. The quantitative estimate of drug-likeness (QED) is 0.829. The molecular formula is C22H30N2O4. The Morgan fingerprint density at radius 3 is 2.50 bits per heavy atom. The molecule has 2 aliphatic rings. The largest absolute Gasteiger partial charge is 0.490 e. The van der Waals surface area contributed by atoms with Crippen LogP contribution in [0.25, 0.3) is 0 Å². The number of nitriles is 1. The minimum atomic E-state index is -0.486. The van der Waals surface area contributed by atoms with Crippen molar-refractivity contribution in [2.75, 3.05) is 7.11 Å². The van der Waals surface area contributed by atoms with Crippen LogP contribution < -0.4 is 10.1 Å². The zero-order chi connectivity index (χ0) is 20.3. The van der Waals surface area contributed by atoms with Gasteiger partial charge >= 0.3 is 6.09 Å². The lowest BCUT2D eigenvalue weighted by molar-refractivity contribution is 0.0470. The number of alkyl carbamates (subject to hydrolysis) is 1. The zero-order valence-electron chi connectivity index (χ0n) is 17.2. The summed E-state index contributed by atoms with van der Waals surface area (Å²) in [5, 5.41) is 12.4. The molecule has 2 aliphatic carbocycles. The average Bonchev–Trinajstić information content (AvgIpc) is 3.07. The summed E-state index contributed by atoms with van der Waals surface area (Å²) in [6.07, 6.45) is 4.98. The van der Waals surface area contributed by atoms with E-state index in [1.54, 1.807) is 7.11 Å². The highest BCUT2D eigenvalue weighted by Gasteiger charge is 2.31. The number of benzene rings is 1. The molecule has 0 spiro atoms. The van der Waals surface area contributed by atoms with Crippen molar-refractivity contribution in [3.8, 4) is 11.8 Å². The number of carbonyl (C=O) groups excluding carboxylic acids is 1. The van der Waals surface area contributed by atoms with Gasteiger partial charge in [-0.2, -0.15) is 5.26 Å². The minimum Gasteiger partial charge on any atom is -0.490 e. The second kappa shape index (κ2) is 8.40. The molecule has 1 aromatic carbocycles. The predicted octanol–water partition coefficient (Wildman–Crippen LogP) is 4.41. The molecule has 0 radical (unpaired) electrons. The first-order valence-electron chi connectivity index (χ1n) is 10.1. The topological polar surface area (TPSA) is 80.6 Å². The van der Waals surface area contributed by atoms with Gasteiger partial charge in [0.05, 0.1) is 23.8 Å². The van der Waals surface area contributed by atoms with E-state index in [9.17, 15) is 10.1 Å². The molecule has 3 rings (SSSR count). The number of carbonyl (C=O) groups is 1. The van der Waals surface area contributed by atoms with Crippen molar-refractivity contribution in [2.24, 2.45) is 0 Å². The summed E-state index contributed by atoms with van der Waals surface area (Å²) in [5.41, 5.74) is 2.29. The number of nitrogens with one attached hydrogen (secondary N) is 1. The van der Waals surface area contributed by atoms with Gasteiger partial charge in [0, 0.05) is 24.3 Å². The van der Waals surface area contributed by atoms with Crippen molar-refractivity contribution in [3.05, 3.63) is 28.8 Å². The molecule has 1 atom stereocenters. The third kappa shape index (κ3) is 4.77. The van der Waals surface area contributed by atoms with Crippen molar-refractivity contribution >= 4 is 6.09 Å². The fourth-order valence-corrected chi connectivity index (χ4v) is 4.11. The maximum absolute atomic E-state index is 11.9. The van der Waals surface area contributed by atoms with Gasteiger partial charge < -0.3 is 19.5 Å². The predicted molar refractivity (Wildman–Crippen MR) is 105 cm³/mol. The van der Waals surface area contributed by atoms with Crippen LogP contribution in [0.15, 0.2) is 12.1 Å². The fourth-order valence-electron chi connectivity index (χ4n) is 4.11. The van der Waals surface area contributed by atoms with Crippen LogP contribution >= 0.6 is 0 Å². The maximum atomic E-state index is 11.9. The van der Waals surface area contributed by atoms with Gasteiger partial charge in [0.1, 0.15) is 11.4 Å².